The number of ether oxygens (including phenoxy) is 1. The maximum atomic E-state index is 11.3. The minimum Gasteiger partial charge on any atom is -0.492 e. The lowest BCUT2D eigenvalue weighted by atomic mass is 10.1. The van der Waals surface area contributed by atoms with Crippen molar-refractivity contribution in [1.82, 2.24) is 0 Å². The van der Waals surface area contributed by atoms with Gasteiger partial charge in [0.25, 0.3) is 0 Å². The van der Waals surface area contributed by atoms with Gasteiger partial charge in [0.1, 0.15) is 12.4 Å². The molecule has 27 heavy (non-hydrogen) atoms. The third kappa shape index (κ3) is 5.89. The van der Waals surface area contributed by atoms with E-state index in [0.717, 1.165) is 24.8 Å². The number of nitrogens with one attached hydrogen (secondary N) is 2. The van der Waals surface area contributed by atoms with E-state index in [0.29, 0.717) is 30.5 Å². The van der Waals surface area contributed by atoms with Crippen molar-refractivity contribution in [3.8, 4) is 5.75 Å². The molecule has 0 aromatic heterocycles. The second-order valence-corrected chi connectivity index (χ2v) is 8.23. The van der Waals surface area contributed by atoms with Crippen LogP contribution in [0.3, 0.4) is 0 Å². The molecular weight excluding hydrogens is 364 g/mol. The molecule has 0 saturated carbocycles. The van der Waals surface area contributed by atoms with Crippen LogP contribution in [0.2, 0.25) is 0 Å². The van der Waals surface area contributed by atoms with Crippen LogP contribution in [0.5, 0.6) is 5.75 Å². The molecule has 8 heteroatoms. The van der Waals surface area contributed by atoms with Crippen LogP contribution < -0.4 is 20.5 Å². The van der Waals surface area contributed by atoms with Crippen LogP contribution in [0.25, 0.3) is 0 Å². The Morgan fingerprint density at radius 1 is 1.15 bits per heavy atom. The van der Waals surface area contributed by atoms with Crippen LogP contribution in [0.15, 0.2) is 47.5 Å². The third-order valence-electron chi connectivity index (χ3n) is 4.15. The van der Waals surface area contributed by atoms with Gasteiger partial charge in [-0.2, -0.15) is 0 Å². The summed E-state index contributed by atoms with van der Waals surface area (Å²) in [5.41, 5.74) is 10.1. The maximum absolute atomic E-state index is 11.3. The highest BCUT2D eigenvalue weighted by atomic mass is 32.2. The van der Waals surface area contributed by atoms with Gasteiger partial charge in [-0.15, -0.1) is 0 Å². The van der Waals surface area contributed by atoms with Crippen LogP contribution in [0.4, 0.5) is 11.4 Å². The van der Waals surface area contributed by atoms with Gasteiger partial charge < -0.3 is 15.8 Å². The molecule has 0 atom stereocenters. The van der Waals surface area contributed by atoms with Crippen molar-refractivity contribution >= 4 is 27.4 Å². The van der Waals surface area contributed by atoms with Gasteiger partial charge >= 0.3 is 0 Å². The zero-order valence-corrected chi connectivity index (χ0v) is 16.1. The average Bonchev–Trinajstić information content (AvgIpc) is 3.05. The summed E-state index contributed by atoms with van der Waals surface area (Å²) in [5.74, 6) is 0.896. The lowest BCUT2D eigenvalue weighted by Crippen LogP contribution is -2.23. The molecular formula is C19H24N4O3S. The molecule has 1 aliphatic rings. The Bertz CT molecular complexity index is 942. The number of rotatable bonds is 7. The molecule has 2 aromatic rings. The molecule has 0 amide bonds. The molecule has 0 radical (unpaired) electrons. The van der Waals surface area contributed by atoms with Gasteiger partial charge in [-0.3, -0.25) is 4.72 Å². The number of hydrogen-bond acceptors (Lipinski definition) is 4. The number of nitrogens with two attached hydrogens (primary N) is 1. The summed E-state index contributed by atoms with van der Waals surface area (Å²) < 4.78 is 30.5. The second kappa shape index (κ2) is 8.30. The summed E-state index contributed by atoms with van der Waals surface area (Å²) in [5, 5.41) is 3.10. The summed E-state index contributed by atoms with van der Waals surface area (Å²) in [6.07, 6.45) is 4.58. The van der Waals surface area contributed by atoms with E-state index in [1.54, 1.807) is 24.3 Å². The number of aryl methyl sites for hydroxylation is 2. The Morgan fingerprint density at radius 3 is 2.78 bits per heavy atom. The first-order valence-corrected chi connectivity index (χ1v) is 10.7. The molecule has 0 bridgehead atoms. The molecule has 2 aromatic carbocycles. The summed E-state index contributed by atoms with van der Waals surface area (Å²) >= 11 is 0. The predicted octanol–water partition coefficient (Wildman–Crippen LogP) is 2.35. The molecule has 0 saturated heterocycles. The highest BCUT2D eigenvalue weighted by Crippen LogP contribution is 2.24. The monoisotopic (exact) mass is 388 g/mol. The summed E-state index contributed by atoms with van der Waals surface area (Å²) in [4.78, 5) is 4.26. The van der Waals surface area contributed by atoms with Crippen molar-refractivity contribution in [3.05, 3.63) is 53.6 Å². The van der Waals surface area contributed by atoms with E-state index >= 15 is 0 Å². The lowest BCUT2D eigenvalue weighted by molar-refractivity contribution is 0.329. The Hall–Kier alpha value is -2.74. The van der Waals surface area contributed by atoms with Crippen LogP contribution in [0.1, 0.15) is 17.5 Å². The number of guanidine groups is 1. The van der Waals surface area contributed by atoms with E-state index in [2.05, 4.69) is 27.2 Å². The van der Waals surface area contributed by atoms with Crippen LogP contribution in [-0.2, 0) is 22.9 Å². The molecule has 0 aliphatic heterocycles. The fourth-order valence-corrected chi connectivity index (χ4v) is 3.59. The summed E-state index contributed by atoms with van der Waals surface area (Å²) in [7, 11) is -3.32. The number of benzene rings is 2. The number of nitrogens with zero attached hydrogens (tertiary/aromatic N) is 1. The van der Waals surface area contributed by atoms with Gasteiger partial charge in [-0.05, 0) is 54.7 Å². The first-order valence-electron chi connectivity index (χ1n) is 8.78. The number of fused-ring (bicyclic) bond motifs is 1. The third-order valence-corrected chi connectivity index (χ3v) is 4.76. The molecule has 0 spiro atoms. The molecule has 0 unspecified atom stereocenters. The van der Waals surface area contributed by atoms with E-state index in [1.165, 1.54) is 17.5 Å². The van der Waals surface area contributed by atoms with Crippen LogP contribution in [-0.4, -0.2) is 33.8 Å². The Balaban J connectivity index is 1.48. The van der Waals surface area contributed by atoms with Crippen molar-refractivity contribution in [3.63, 3.8) is 0 Å². The first kappa shape index (κ1) is 19.0. The van der Waals surface area contributed by atoms with E-state index in [1.807, 2.05) is 6.07 Å². The zero-order chi connectivity index (χ0) is 19.3. The Morgan fingerprint density at radius 2 is 1.96 bits per heavy atom. The minimum absolute atomic E-state index is 0.328. The van der Waals surface area contributed by atoms with E-state index in [4.69, 9.17) is 10.5 Å². The fourth-order valence-electron chi connectivity index (χ4n) is 3.03. The van der Waals surface area contributed by atoms with Gasteiger partial charge in [0.15, 0.2) is 5.96 Å². The molecule has 0 fully saturated rings. The quantitative estimate of drug-likeness (QED) is 0.384. The number of sulfonamides is 1. The standard InChI is InChI=1S/C19H24N4O3S/c1-27(24,25)23-17-6-3-7-18(13-17)26-11-10-21-19(20)22-16-9-8-14-4-2-5-15(14)12-16/h3,6-9,12-13,23H,2,4-5,10-11H2,1H3,(H3,20,21,22). The van der Waals surface area contributed by atoms with Gasteiger partial charge in [-0.1, -0.05) is 12.1 Å². The van der Waals surface area contributed by atoms with Crippen LogP contribution >= 0.6 is 0 Å². The van der Waals surface area contributed by atoms with Gasteiger partial charge in [0.2, 0.25) is 10.0 Å². The lowest BCUT2D eigenvalue weighted by Gasteiger charge is -2.09. The summed E-state index contributed by atoms with van der Waals surface area (Å²) in [6, 6.07) is 13.0. The smallest absolute Gasteiger partial charge is 0.229 e. The first-order chi connectivity index (χ1) is 12.9. The van der Waals surface area contributed by atoms with Gasteiger partial charge in [0.05, 0.1) is 18.5 Å². The molecule has 3 rings (SSSR count). The highest BCUT2D eigenvalue weighted by Gasteiger charge is 2.10. The van der Waals surface area contributed by atoms with Crippen molar-refractivity contribution in [2.45, 2.75) is 19.3 Å². The fraction of sp³-hybridized carbons (Fsp3) is 0.316. The normalized spacial score (nSPS) is 13.9. The van der Waals surface area contributed by atoms with E-state index in [-0.39, 0.29) is 0 Å². The molecule has 4 N–H and O–H groups in total. The zero-order valence-electron chi connectivity index (χ0n) is 15.2. The number of anilines is 2. The second-order valence-electron chi connectivity index (χ2n) is 6.48. The molecule has 7 nitrogen and oxygen atoms in total. The van der Waals surface area contributed by atoms with Crippen molar-refractivity contribution in [2.75, 3.05) is 29.4 Å². The molecule has 1 aliphatic carbocycles. The number of aliphatic imine (C=N–C) groups is 1. The maximum Gasteiger partial charge on any atom is 0.229 e. The Labute approximate surface area is 159 Å². The topological polar surface area (TPSA) is 106 Å². The van der Waals surface area contributed by atoms with Crippen molar-refractivity contribution in [1.29, 1.82) is 0 Å². The van der Waals surface area contributed by atoms with Gasteiger partial charge in [-0.25, -0.2) is 13.4 Å². The Kier molecular flexibility index (Phi) is 5.85. The highest BCUT2D eigenvalue weighted by molar-refractivity contribution is 7.92. The SMILES string of the molecule is CS(=O)(=O)Nc1cccc(OCCN=C(N)Nc2ccc3c(c2)CCC3)c1. The molecule has 0 heterocycles. The van der Waals surface area contributed by atoms with Crippen molar-refractivity contribution < 1.29 is 13.2 Å². The van der Waals surface area contributed by atoms with Crippen LogP contribution in [0, 0.1) is 0 Å². The average molecular weight is 388 g/mol. The van der Waals surface area contributed by atoms with Gasteiger partial charge in [0, 0.05) is 11.8 Å². The largest absolute Gasteiger partial charge is 0.492 e. The van der Waals surface area contributed by atoms with E-state index < -0.39 is 10.0 Å². The van der Waals surface area contributed by atoms with E-state index in [9.17, 15) is 8.42 Å². The molecule has 144 valence electrons. The summed E-state index contributed by atoms with van der Waals surface area (Å²) in [6.45, 7) is 0.711. The number of hydrogen-bond donors (Lipinski definition) is 3. The minimum atomic E-state index is -3.32. The predicted molar refractivity (Wildman–Crippen MR) is 109 cm³/mol. The van der Waals surface area contributed by atoms with Crippen molar-refractivity contribution in [2.24, 2.45) is 10.7 Å².